The molecular weight excluding hydrogens is 180 g/mol. The highest BCUT2D eigenvalue weighted by Crippen LogP contribution is 2.21. The van der Waals surface area contributed by atoms with Crippen molar-refractivity contribution in [2.45, 2.75) is 64.4 Å². The van der Waals surface area contributed by atoms with Crippen molar-refractivity contribution in [3.8, 4) is 0 Å². The Morgan fingerprint density at radius 2 is 1.86 bits per heavy atom. The molecule has 0 radical (unpaired) electrons. The first-order chi connectivity index (χ1) is 6.72. The standard InChI is InChI=1S/C11H22O3/c1-9(8-12)13-10(2)14-11-6-4-3-5-7-11/h9-12H,3-8H2,1-2H3/t9?,10-/m0/s1. The van der Waals surface area contributed by atoms with Crippen LogP contribution >= 0.6 is 0 Å². The SMILES string of the molecule is CC(CO)O[C@H](C)OC1CCCCC1. The normalized spacial score (nSPS) is 23.4. The zero-order valence-corrected chi connectivity index (χ0v) is 9.24. The Labute approximate surface area is 86.4 Å². The second-order valence-corrected chi connectivity index (χ2v) is 4.09. The zero-order chi connectivity index (χ0) is 10.4. The molecule has 0 bridgehead atoms. The van der Waals surface area contributed by atoms with E-state index >= 15 is 0 Å². The molecule has 0 amide bonds. The maximum Gasteiger partial charge on any atom is 0.155 e. The van der Waals surface area contributed by atoms with E-state index in [0.29, 0.717) is 6.10 Å². The molecule has 1 rings (SSSR count). The lowest BCUT2D eigenvalue weighted by Crippen LogP contribution is -2.28. The maximum atomic E-state index is 8.81. The lowest BCUT2D eigenvalue weighted by molar-refractivity contribution is -0.191. The highest BCUT2D eigenvalue weighted by atomic mass is 16.7. The summed E-state index contributed by atoms with van der Waals surface area (Å²) < 4.78 is 11.2. The Hall–Kier alpha value is -0.120. The van der Waals surface area contributed by atoms with Gasteiger partial charge in [-0.25, -0.2) is 0 Å². The minimum Gasteiger partial charge on any atom is -0.394 e. The number of rotatable bonds is 5. The quantitative estimate of drug-likeness (QED) is 0.694. The van der Waals surface area contributed by atoms with Crippen LogP contribution in [-0.4, -0.2) is 30.2 Å². The molecule has 2 atom stereocenters. The molecule has 0 aliphatic heterocycles. The van der Waals surface area contributed by atoms with Crippen molar-refractivity contribution in [2.24, 2.45) is 0 Å². The predicted octanol–water partition coefficient (Wildman–Crippen LogP) is 2.08. The van der Waals surface area contributed by atoms with E-state index in [0.717, 1.165) is 12.8 Å². The van der Waals surface area contributed by atoms with Crippen molar-refractivity contribution >= 4 is 0 Å². The van der Waals surface area contributed by atoms with Crippen LogP contribution in [0.1, 0.15) is 46.0 Å². The van der Waals surface area contributed by atoms with Gasteiger partial charge in [0.2, 0.25) is 0 Å². The second kappa shape index (κ2) is 6.38. The summed E-state index contributed by atoms with van der Waals surface area (Å²) in [4.78, 5) is 0. The lowest BCUT2D eigenvalue weighted by atomic mass is 9.98. The summed E-state index contributed by atoms with van der Waals surface area (Å²) in [5.74, 6) is 0. The Morgan fingerprint density at radius 3 is 2.43 bits per heavy atom. The molecule has 0 aromatic rings. The van der Waals surface area contributed by atoms with Crippen molar-refractivity contribution in [1.82, 2.24) is 0 Å². The van der Waals surface area contributed by atoms with Gasteiger partial charge in [-0.3, -0.25) is 0 Å². The van der Waals surface area contributed by atoms with Crippen molar-refractivity contribution < 1.29 is 14.6 Å². The van der Waals surface area contributed by atoms with Gasteiger partial charge in [-0.1, -0.05) is 19.3 Å². The number of aliphatic hydroxyl groups is 1. The lowest BCUT2D eigenvalue weighted by Gasteiger charge is -2.26. The molecule has 1 aliphatic carbocycles. The van der Waals surface area contributed by atoms with Crippen LogP contribution in [-0.2, 0) is 9.47 Å². The van der Waals surface area contributed by atoms with Crippen LogP contribution in [0.5, 0.6) is 0 Å². The van der Waals surface area contributed by atoms with Crippen molar-refractivity contribution in [3.63, 3.8) is 0 Å². The molecule has 0 heterocycles. The molecule has 14 heavy (non-hydrogen) atoms. The first-order valence-electron chi connectivity index (χ1n) is 5.64. The fraction of sp³-hybridized carbons (Fsp3) is 1.00. The van der Waals surface area contributed by atoms with Crippen LogP contribution in [0.4, 0.5) is 0 Å². The van der Waals surface area contributed by atoms with Gasteiger partial charge < -0.3 is 14.6 Å². The minimum absolute atomic E-state index is 0.0539. The third kappa shape index (κ3) is 4.40. The summed E-state index contributed by atoms with van der Waals surface area (Å²) >= 11 is 0. The molecule has 1 saturated carbocycles. The summed E-state index contributed by atoms with van der Waals surface area (Å²) in [5.41, 5.74) is 0. The topological polar surface area (TPSA) is 38.7 Å². The van der Waals surface area contributed by atoms with E-state index in [1.54, 1.807) is 0 Å². The van der Waals surface area contributed by atoms with E-state index in [-0.39, 0.29) is 19.0 Å². The average Bonchev–Trinajstić information content (AvgIpc) is 2.19. The molecule has 0 aromatic heterocycles. The summed E-state index contributed by atoms with van der Waals surface area (Å²) in [5, 5.41) is 8.81. The fourth-order valence-electron chi connectivity index (χ4n) is 1.87. The monoisotopic (exact) mass is 202 g/mol. The van der Waals surface area contributed by atoms with E-state index in [9.17, 15) is 0 Å². The van der Waals surface area contributed by atoms with E-state index in [1.165, 1.54) is 19.3 Å². The van der Waals surface area contributed by atoms with Crippen LogP contribution in [0.25, 0.3) is 0 Å². The molecule has 3 nitrogen and oxygen atoms in total. The van der Waals surface area contributed by atoms with Gasteiger partial charge in [-0.2, -0.15) is 0 Å². The molecule has 0 saturated heterocycles. The zero-order valence-electron chi connectivity index (χ0n) is 9.24. The Kier molecular flexibility index (Phi) is 5.45. The minimum atomic E-state index is -0.194. The van der Waals surface area contributed by atoms with Crippen LogP contribution in [0.3, 0.4) is 0 Å². The van der Waals surface area contributed by atoms with Crippen LogP contribution in [0.2, 0.25) is 0 Å². The van der Waals surface area contributed by atoms with Gasteiger partial charge in [-0.05, 0) is 26.7 Å². The van der Waals surface area contributed by atoms with Crippen molar-refractivity contribution in [2.75, 3.05) is 6.61 Å². The van der Waals surface area contributed by atoms with E-state index in [1.807, 2.05) is 13.8 Å². The molecule has 0 aromatic carbocycles. The van der Waals surface area contributed by atoms with Gasteiger partial charge in [0.05, 0.1) is 18.8 Å². The summed E-state index contributed by atoms with van der Waals surface area (Å²) in [6, 6.07) is 0. The van der Waals surface area contributed by atoms with E-state index in [2.05, 4.69) is 0 Å². The summed E-state index contributed by atoms with van der Waals surface area (Å²) in [7, 11) is 0. The number of aliphatic hydroxyl groups excluding tert-OH is 1. The first kappa shape index (κ1) is 12.0. The van der Waals surface area contributed by atoms with Crippen molar-refractivity contribution in [1.29, 1.82) is 0 Å². The van der Waals surface area contributed by atoms with Gasteiger partial charge >= 0.3 is 0 Å². The number of hydrogen-bond acceptors (Lipinski definition) is 3. The highest BCUT2D eigenvalue weighted by molar-refractivity contribution is 4.65. The highest BCUT2D eigenvalue weighted by Gasteiger charge is 2.17. The summed E-state index contributed by atoms with van der Waals surface area (Å²) in [6.07, 6.45) is 6.23. The van der Waals surface area contributed by atoms with Crippen LogP contribution < -0.4 is 0 Å². The second-order valence-electron chi connectivity index (χ2n) is 4.09. The fourth-order valence-corrected chi connectivity index (χ4v) is 1.87. The largest absolute Gasteiger partial charge is 0.394 e. The molecule has 1 N–H and O–H groups in total. The molecular formula is C11H22O3. The molecule has 0 spiro atoms. The van der Waals surface area contributed by atoms with Gasteiger partial charge in [0, 0.05) is 0 Å². The summed E-state index contributed by atoms with van der Waals surface area (Å²) in [6.45, 7) is 3.81. The maximum absolute atomic E-state index is 8.81. The molecule has 1 unspecified atom stereocenters. The Bertz CT molecular complexity index is 143. The van der Waals surface area contributed by atoms with Gasteiger partial charge in [0.1, 0.15) is 0 Å². The molecule has 3 heteroatoms. The van der Waals surface area contributed by atoms with Crippen molar-refractivity contribution in [3.05, 3.63) is 0 Å². The molecule has 84 valence electrons. The molecule has 1 aliphatic rings. The third-order valence-electron chi connectivity index (χ3n) is 2.62. The van der Waals surface area contributed by atoms with Crippen LogP contribution in [0, 0.1) is 0 Å². The molecule has 1 fully saturated rings. The smallest absolute Gasteiger partial charge is 0.155 e. The number of hydrogen-bond donors (Lipinski definition) is 1. The van der Waals surface area contributed by atoms with E-state index < -0.39 is 0 Å². The van der Waals surface area contributed by atoms with E-state index in [4.69, 9.17) is 14.6 Å². The number of ether oxygens (including phenoxy) is 2. The van der Waals surface area contributed by atoms with Gasteiger partial charge in [0.25, 0.3) is 0 Å². The predicted molar refractivity (Wildman–Crippen MR) is 55.1 cm³/mol. The van der Waals surface area contributed by atoms with Crippen LogP contribution in [0.15, 0.2) is 0 Å². The Balaban J connectivity index is 2.14. The first-order valence-corrected chi connectivity index (χ1v) is 5.64. The van der Waals surface area contributed by atoms with Gasteiger partial charge in [-0.15, -0.1) is 0 Å². The third-order valence-corrected chi connectivity index (χ3v) is 2.62. The van der Waals surface area contributed by atoms with Gasteiger partial charge in [0.15, 0.2) is 6.29 Å². The Morgan fingerprint density at radius 1 is 1.21 bits per heavy atom. The average molecular weight is 202 g/mol.